The lowest BCUT2D eigenvalue weighted by Crippen LogP contribution is -2.26. The molecule has 0 amide bonds. The first-order valence-corrected chi connectivity index (χ1v) is 16.3. The van der Waals surface area contributed by atoms with Crippen LogP contribution in [0.1, 0.15) is 23.6 Å². The van der Waals surface area contributed by atoms with Crippen molar-refractivity contribution in [3.63, 3.8) is 0 Å². The van der Waals surface area contributed by atoms with Gasteiger partial charge in [0.25, 0.3) is 0 Å². The van der Waals surface area contributed by atoms with Crippen molar-refractivity contribution in [3.8, 4) is 17.2 Å². The summed E-state index contributed by atoms with van der Waals surface area (Å²) in [6.07, 6.45) is 3.43. The lowest BCUT2D eigenvalue weighted by atomic mass is 9.72. The molecule has 0 bridgehead atoms. The molecule has 3 heterocycles. The van der Waals surface area contributed by atoms with E-state index in [1.165, 1.54) is 48.0 Å². The van der Waals surface area contributed by atoms with Crippen LogP contribution < -0.4 is 0 Å². The van der Waals surface area contributed by atoms with Gasteiger partial charge in [0.1, 0.15) is 0 Å². The molecule has 212 valence electrons. The van der Waals surface area contributed by atoms with Crippen molar-refractivity contribution in [2.75, 3.05) is 0 Å². The van der Waals surface area contributed by atoms with Crippen LogP contribution in [0, 0.1) is 0 Å². The predicted molar refractivity (Wildman–Crippen MR) is 188 cm³/mol. The van der Waals surface area contributed by atoms with Gasteiger partial charge in [-0.1, -0.05) is 116 Å². The largest absolute Gasteiger partial charge is 0.278 e. The van der Waals surface area contributed by atoms with Gasteiger partial charge in [-0.15, -0.1) is 0 Å². The first-order chi connectivity index (χ1) is 22.2. The second kappa shape index (κ2) is 9.16. The van der Waals surface area contributed by atoms with Gasteiger partial charge < -0.3 is 0 Å². The van der Waals surface area contributed by atoms with Crippen LogP contribution in [0.2, 0.25) is 0 Å². The van der Waals surface area contributed by atoms with Crippen molar-refractivity contribution >= 4 is 61.3 Å². The van der Waals surface area contributed by atoms with Gasteiger partial charge >= 0.3 is 0 Å². The fourth-order valence-corrected chi connectivity index (χ4v) is 9.02. The van der Waals surface area contributed by atoms with Gasteiger partial charge in [-0.25, -0.2) is 9.97 Å². The van der Waals surface area contributed by atoms with E-state index in [4.69, 9.17) is 9.97 Å². The number of fused-ring (bicyclic) bond motifs is 10. The summed E-state index contributed by atoms with van der Waals surface area (Å²) in [4.78, 5) is 13.3. The first kappa shape index (κ1) is 25.2. The average molecular weight is 594 g/mol. The highest BCUT2D eigenvalue weighted by Crippen LogP contribution is 2.57. The summed E-state index contributed by atoms with van der Waals surface area (Å²) in [7, 11) is 0. The Kier molecular flexibility index (Phi) is 5.13. The first-order valence-electron chi connectivity index (χ1n) is 15.5. The standard InChI is InChI=1S/C41H27N3S/c1-41-24-32-27(22-38(41)45-37-18-10-7-15-33(37)41)20-19-26-21-36-31(23-30(26)32)28-13-6-9-17-35(28)44(36)40-42-34-16-8-5-14-29(34)39(43-40)25-11-3-2-4-12-25/h2-23H,24H2,1H3. The molecule has 4 heteroatoms. The van der Waals surface area contributed by atoms with Crippen LogP contribution in [-0.4, -0.2) is 14.5 Å². The number of hydrogen-bond donors (Lipinski definition) is 0. The molecule has 10 rings (SSSR count). The van der Waals surface area contributed by atoms with E-state index >= 15 is 0 Å². The van der Waals surface area contributed by atoms with Crippen LogP contribution in [0.4, 0.5) is 0 Å². The Balaban J connectivity index is 1.24. The summed E-state index contributed by atoms with van der Waals surface area (Å²) in [5, 5.41) is 6.07. The Morgan fingerprint density at radius 1 is 0.667 bits per heavy atom. The zero-order valence-electron chi connectivity index (χ0n) is 24.7. The van der Waals surface area contributed by atoms with Gasteiger partial charge in [0, 0.05) is 36.9 Å². The number of nitrogens with zero attached hydrogens (tertiary/aromatic N) is 3. The molecule has 3 nitrogen and oxygen atoms in total. The maximum absolute atomic E-state index is 5.27. The maximum Gasteiger partial charge on any atom is 0.235 e. The highest BCUT2D eigenvalue weighted by atomic mass is 32.2. The molecule has 1 aliphatic carbocycles. The van der Waals surface area contributed by atoms with Crippen LogP contribution in [0.15, 0.2) is 137 Å². The lowest BCUT2D eigenvalue weighted by Gasteiger charge is -2.32. The number of rotatable bonds is 2. The van der Waals surface area contributed by atoms with Crippen molar-refractivity contribution in [3.05, 3.63) is 149 Å². The molecule has 2 aliphatic rings. The van der Waals surface area contributed by atoms with Crippen molar-refractivity contribution in [1.29, 1.82) is 0 Å². The van der Waals surface area contributed by atoms with E-state index in [0.29, 0.717) is 5.95 Å². The third-order valence-electron chi connectivity index (χ3n) is 9.86. The smallest absolute Gasteiger partial charge is 0.235 e. The van der Waals surface area contributed by atoms with E-state index in [-0.39, 0.29) is 5.41 Å². The predicted octanol–water partition coefficient (Wildman–Crippen LogP) is 10.5. The Morgan fingerprint density at radius 2 is 1.44 bits per heavy atom. The molecule has 8 aromatic rings. The van der Waals surface area contributed by atoms with Gasteiger partial charge in [-0.05, 0) is 70.3 Å². The second-order valence-electron chi connectivity index (χ2n) is 12.4. The molecule has 0 fully saturated rings. The summed E-state index contributed by atoms with van der Waals surface area (Å²) in [5.41, 5.74) is 9.42. The van der Waals surface area contributed by atoms with Crippen molar-refractivity contribution < 1.29 is 0 Å². The maximum atomic E-state index is 5.27. The van der Waals surface area contributed by atoms with Gasteiger partial charge in [-0.2, -0.15) is 0 Å². The summed E-state index contributed by atoms with van der Waals surface area (Å²) in [5.74, 6) is 0.690. The average Bonchev–Trinajstić information content (AvgIpc) is 3.57. The van der Waals surface area contributed by atoms with E-state index in [9.17, 15) is 0 Å². The highest BCUT2D eigenvalue weighted by molar-refractivity contribution is 8.03. The van der Waals surface area contributed by atoms with E-state index in [1.807, 2.05) is 17.8 Å². The Labute approximate surface area is 264 Å². The van der Waals surface area contributed by atoms with Crippen molar-refractivity contribution in [1.82, 2.24) is 14.5 Å². The Hall–Kier alpha value is -5.19. The Morgan fingerprint density at radius 3 is 2.36 bits per heavy atom. The summed E-state index contributed by atoms with van der Waals surface area (Å²) in [6.45, 7) is 2.42. The van der Waals surface area contributed by atoms with Gasteiger partial charge in [-0.3, -0.25) is 4.57 Å². The number of benzene rings is 6. The molecule has 0 N–H and O–H groups in total. The summed E-state index contributed by atoms with van der Waals surface area (Å²) in [6, 6.07) is 45.7. The Bertz CT molecular complexity index is 2560. The summed E-state index contributed by atoms with van der Waals surface area (Å²) >= 11 is 1.94. The van der Waals surface area contributed by atoms with Crippen molar-refractivity contribution in [2.45, 2.75) is 23.7 Å². The number of aromatic nitrogens is 3. The third kappa shape index (κ3) is 3.54. The SMILES string of the molecule is CC12Cc3c(ccc4cc5c(cc34)c3ccccc3n5-c3nc(-c4ccccc4)c4ccccc4n3)C=C1Sc1ccccc12. The lowest BCUT2D eigenvalue weighted by molar-refractivity contribution is 0.579. The molecule has 6 aromatic carbocycles. The monoisotopic (exact) mass is 593 g/mol. The molecule has 1 atom stereocenters. The topological polar surface area (TPSA) is 30.7 Å². The fourth-order valence-electron chi connectivity index (χ4n) is 7.64. The molecule has 45 heavy (non-hydrogen) atoms. The van der Waals surface area contributed by atoms with Gasteiger partial charge in [0.05, 0.1) is 22.2 Å². The molecule has 1 unspecified atom stereocenters. The van der Waals surface area contributed by atoms with Crippen LogP contribution in [0.5, 0.6) is 0 Å². The molecule has 2 aromatic heterocycles. The second-order valence-corrected chi connectivity index (χ2v) is 13.5. The molecule has 1 aliphatic heterocycles. The number of allylic oxidation sites excluding steroid dienone is 1. The van der Waals surface area contributed by atoms with E-state index in [2.05, 4.69) is 139 Å². The zero-order chi connectivity index (χ0) is 29.7. The van der Waals surface area contributed by atoms with Crippen LogP contribution >= 0.6 is 11.8 Å². The highest BCUT2D eigenvalue weighted by Gasteiger charge is 2.42. The normalized spacial score (nSPS) is 17.0. The molecule has 0 saturated heterocycles. The number of hydrogen-bond acceptors (Lipinski definition) is 3. The number of thioether (sulfide) groups is 1. The molecule has 0 spiro atoms. The van der Waals surface area contributed by atoms with Crippen LogP contribution in [0.25, 0.3) is 66.8 Å². The molecular formula is C41H27N3S. The van der Waals surface area contributed by atoms with Gasteiger partial charge in [0.15, 0.2) is 0 Å². The summed E-state index contributed by atoms with van der Waals surface area (Å²) < 4.78 is 2.26. The minimum Gasteiger partial charge on any atom is -0.278 e. The van der Waals surface area contributed by atoms with E-state index in [1.54, 1.807) is 0 Å². The van der Waals surface area contributed by atoms with Gasteiger partial charge in [0.2, 0.25) is 5.95 Å². The van der Waals surface area contributed by atoms with Crippen molar-refractivity contribution in [2.24, 2.45) is 0 Å². The van der Waals surface area contributed by atoms with Crippen LogP contribution in [0.3, 0.4) is 0 Å². The molecule has 0 saturated carbocycles. The minimum absolute atomic E-state index is 0.00171. The quantitative estimate of drug-likeness (QED) is 0.200. The number of para-hydroxylation sites is 2. The molecule has 0 radical (unpaired) electrons. The van der Waals surface area contributed by atoms with E-state index in [0.717, 1.165) is 39.6 Å². The fraction of sp³-hybridized carbons (Fsp3) is 0.0732. The van der Waals surface area contributed by atoms with E-state index < -0.39 is 0 Å². The van der Waals surface area contributed by atoms with Crippen LogP contribution in [-0.2, 0) is 11.8 Å². The molecular weight excluding hydrogens is 567 g/mol. The minimum atomic E-state index is -0.00171. The zero-order valence-corrected chi connectivity index (χ0v) is 25.5. The third-order valence-corrected chi connectivity index (χ3v) is 11.2.